The van der Waals surface area contributed by atoms with Gasteiger partial charge < -0.3 is 11.5 Å². The Kier molecular flexibility index (Phi) is 2.22. The molecule has 2 nitrogen and oxygen atoms in total. The molecule has 1 aromatic heterocycles. The molecule has 0 aliphatic heterocycles. The highest BCUT2D eigenvalue weighted by Gasteiger charge is 2.00. The lowest BCUT2D eigenvalue weighted by atomic mass is 10.2. The molecule has 0 saturated carbocycles. The Morgan fingerprint density at radius 2 is 2.44 bits per heavy atom. The first-order valence-electron chi connectivity index (χ1n) is 2.82. The van der Waals surface area contributed by atoms with Gasteiger partial charge in [0.1, 0.15) is 0 Å². The summed E-state index contributed by atoms with van der Waals surface area (Å²) in [6, 6.07) is 2.03. The summed E-state index contributed by atoms with van der Waals surface area (Å²) in [6.45, 7) is 0.525. The quantitative estimate of drug-likeness (QED) is 0.639. The Hall–Kier alpha value is -0.380. The van der Waals surface area contributed by atoms with Crippen LogP contribution in [0.3, 0.4) is 0 Å². The van der Waals surface area contributed by atoms with Crippen LogP contribution in [0.2, 0.25) is 0 Å². The normalized spacial score (nSPS) is 13.6. The summed E-state index contributed by atoms with van der Waals surface area (Å²) in [5, 5.41) is 4.03. The molecule has 1 aromatic rings. The monoisotopic (exact) mass is 142 g/mol. The zero-order valence-corrected chi connectivity index (χ0v) is 5.90. The van der Waals surface area contributed by atoms with Gasteiger partial charge in [-0.3, -0.25) is 0 Å². The van der Waals surface area contributed by atoms with Crippen molar-refractivity contribution in [2.24, 2.45) is 11.5 Å². The van der Waals surface area contributed by atoms with Crippen molar-refractivity contribution in [3.8, 4) is 0 Å². The first kappa shape index (κ1) is 6.74. The molecule has 0 spiro atoms. The Labute approximate surface area is 58.5 Å². The number of rotatable bonds is 2. The maximum Gasteiger partial charge on any atom is 0.0427 e. The molecule has 0 bridgehead atoms. The van der Waals surface area contributed by atoms with Crippen molar-refractivity contribution in [2.75, 3.05) is 6.54 Å². The van der Waals surface area contributed by atoms with E-state index in [-0.39, 0.29) is 6.04 Å². The standard InChI is InChI=1S/C6H10N2S/c7-3-6(8)5-1-2-9-4-5/h1-2,4,6H,3,7-8H2/t6-/m1/s1. The van der Waals surface area contributed by atoms with Crippen molar-refractivity contribution in [1.29, 1.82) is 0 Å². The molecule has 0 aromatic carbocycles. The predicted molar refractivity (Wildman–Crippen MR) is 40.3 cm³/mol. The van der Waals surface area contributed by atoms with Crippen LogP contribution in [-0.2, 0) is 0 Å². The summed E-state index contributed by atoms with van der Waals surface area (Å²) < 4.78 is 0. The van der Waals surface area contributed by atoms with Crippen LogP contribution in [0.15, 0.2) is 16.8 Å². The first-order chi connectivity index (χ1) is 4.34. The van der Waals surface area contributed by atoms with Gasteiger partial charge in [0.2, 0.25) is 0 Å². The van der Waals surface area contributed by atoms with E-state index >= 15 is 0 Å². The maximum absolute atomic E-state index is 5.62. The molecule has 0 aliphatic rings. The predicted octanol–water partition coefficient (Wildman–Crippen LogP) is 0.707. The molecule has 1 heterocycles. The summed E-state index contributed by atoms with van der Waals surface area (Å²) in [7, 11) is 0. The molecule has 0 fully saturated rings. The summed E-state index contributed by atoms with van der Waals surface area (Å²) in [6.07, 6.45) is 0. The van der Waals surface area contributed by atoms with Crippen LogP contribution in [0, 0.1) is 0 Å². The van der Waals surface area contributed by atoms with Gasteiger partial charge in [-0.1, -0.05) is 0 Å². The third kappa shape index (κ3) is 1.51. The largest absolute Gasteiger partial charge is 0.329 e. The van der Waals surface area contributed by atoms with Crippen molar-refractivity contribution in [1.82, 2.24) is 0 Å². The fourth-order valence-electron chi connectivity index (χ4n) is 0.622. The number of nitrogens with two attached hydrogens (primary N) is 2. The highest BCUT2D eigenvalue weighted by Crippen LogP contribution is 2.11. The number of thiophene rings is 1. The highest BCUT2D eigenvalue weighted by atomic mass is 32.1. The van der Waals surface area contributed by atoms with E-state index in [9.17, 15) is 0 Å². The zero-order valence-electron chi connectivity index (χ0n) is 5.08. The van der Waals surface area contributed by atoms with E-state index in [4.69, 9.17) is 11.5 Å². The molecule has 1 atom stereocenters. The molecule has 4 N–H and O–H groups in total. The van der Waals surface area contributed by atoms with Crippen LogP contribution < -0.4 is 11.5 Å². The minimum absolute atomic E-state index is 0.0243. The topological polar surface area (TPSA) is 52.0 Å². The van der Waals surface area contributed by atoms with Crippen molar-refractivity contribution < 1.29 is 0 Å². The molecule has 9 heavy (non-hydrogen) atoms. The molecule has 0 radical (unpaired) electrons. The van der Waals surface area contributed by atoms with Gasteiger partial charge in [0, 0.05) is 12.6 Å². The van der Waals surface area contributed by atoms with Crippen LogP contribution in [0.1, 0.15) is 11.6 Å². The fraction of sp³-hybridized carbons (Fsp3) is 0.333. The summed E-state index contributed by atoms with van der Waals surface area (Å²) in [5.74, 6) is 0. The Morgan fingerprint density at radius 1 is 1.67 bits per heavy atom. The SMILES string of the molecule is NC[C@@H](N)c1ccsc1. The summed E-state index contributed by atoms with van der Waals surface area (Å²) in [4.78, 5) is 0. The molecular formula is C6H10N2S. The molecule has 0 saturated heterocycles. The third-order valence-corrected chi connectivity index (χ3v) is 1.93. The molecule has 3 heteroatoms. The molecule has 0 amide bonds. The van der Waals surface area contributed by atoms with Crippen molar-refractivity contribution >= 4 is 11.3 Å². The van der Waals surface area contributed by atoms with Crippen LogP contribution >= 0.6 is 11.3 Å². The Bertz CT molecular complexity index is 160. The van der Waals surface area contributed by atoms with Crippen LogP contribution in [0.25, 0.3) is 0 Å². The second-order valence-corrected chi connectivity index (χ2v) is 2.68. The second kappa shape index (κ2) is 2.96. The maximum atomic E-state index is 5.62. The van der Waals surface area contributed by atoms with E-state index < -0.39 is 0 Å². The number of hydrogen-bond donors (Lipinski definition) is 2. The lowest BCUT2D eigenvalue weighted by Gasteiger charge is -2.03. The zero-order chi connectivity index (χ0) is 6.69. The molecule has 0 unspecified atom stereocenters. The van der Waals surface area contributed by atoms with E-state index in [0.29, 0.717) is 6.54 Å². The van der Waals surface area contributed by atoms with E-state index in [2.05, 4.69) is 0 Å². The van der Waals surface area contributed by atoms with E-state index in [1.807, 2.05) is 16.8 Å². The highest BCUT2D eigenvalue weighted by molar-refractivity contribution is 7.07. The van der Waals surface area contributed by atoms with Gasteiger partial charge in [-0.05, 0) is 22.4 Å². The molecule has 0 aliphatic carbocycles. The number of hydrogen-bond acceptors (Lipinski definition) is 3. The van der Waals surface area contributed by atoms with Crippen LogP contribution in [0.5, 0.6) is 0 Å². The Balaban J connectivity index is 2.65. The van der Waals surface area contributed by atoms with Gasteiger partial charge in [-0.2, -0.15) is 11.3 Å². The molecule has 50 valence electrons. The van der Waals surface area contributed by atoms with E-state index in [0.717, 1.165) is 5.56 Å². The first-order valence-corrected chi connectivity index (χ1v) is 3.76. The molecule has 1 rings (SSSR count). The van der Waals surface area contributed by atoms with E-state index in [1.165, 1.54) is 0 Å². The van der Waals surface area contributed by atoms with Crippen molar-refractivity contribution in [2.45, 2.75) is 6.04 Å². The van der Waals surface area contributed by atoms with Gasteiger partial charge in [0.25, 0.3) is 0 Å². The van der Waals surface area contributed by atoms with Crippen molar-refractivity contribution in [3.63, 3.8) is 0 Å². The molecular weight excluding hydrogens is 132 g/mol. The van der Waals surface area contributed by atoms with Gasteiger partial charge in [-0.15, -0.1) is 0 Å². The Morgan fingerprint density at radius 3 is 2.89 bits per heavy atom. The van der Waals surface area contributed by atoms with Gasteiger partial charge >= 0.3 is 0 Å². The summed E-state index contributed by atoms with van der Waals surface area (Å²) >= 11 is 1.65. The van der Waals surface area contributed by atoms with Gasteiger partial charge in [0.05, 0.1) is 0 Å². The van der Waals surface area contributed by atoms with Gasteiger partial charge in [-0.25, -0.2) is 0 Å². The minimum Gasteiger partial charge on any atom is -0.329 e. The lowest BCUT2D eigenvalue weighted by Crippen LogP contribution is -2.19. The van der Waals surface area contributed by atoms with Crippen molar-refractivity contribution in [3.05, 3.63) is 22.4 Å². The summed E-state index contributed by atoms with van der Waals surface area (Å²) in [5.41, 5.74) is 12.1. The lowest BCUT2D eigenvalue weighted by molar-refractivity contribution is 0.740. The van der Waals surface area contributed by atoms with Gasteiger partial charge in [0.15, 0.2) is 0 Å². The smallest absolute Gasteiger partial charge is 0.0427 e. The third-order valence-electron chi connectivity index (χ3n) is 1.23. The van der Waals surface area contributed by atoms with Crippen LogP contribution in [-0.4, -0.2) is 6.54 Å². The average Bonchev–Trinajstić information content (AvgIpc) is 2.37. The van der Waals surface area contributed by atoms with Crippen LogP contribution in [0.4, 0.5) is 0 Å². The average molecular weight is 142 g/mol. The fourth-order valence-corrected chi connectivity index (χ4v) is 1.35. The second-order valence-electron chi connectivity index (χ2n) is 1.90. The minimum atomic E-state index is 0.0243. The van der Waals surface area contributed by atoms with E-state index in [1.54, 1.807) is 11.3 Å².